The number of aromatic amines is 1. The van der Waals surface area contributed by atoms with E-state index in [1.807, 2.05) is 0 Å². The molecule has 182 valence electrons. The van der Waals surface area contributed by atoms with Gasteiger partial charge in [0.05, 0.1) is 24.5 Å². The van der Waals surface area contributed by atoms with Crippen LogP contribution < -0.4 is 10.1 Å². The van der Waals surface area contributed by atoms with Gasteiger partial charge in [-0.05, 0) is 18.6 Å². The summed E-state index contributed by atoms with van der Waals surface area (Å²) in [4.78, 5) is 10.3. The summed E-state index contributed by atoms with van der Waals surface area (Å²) in [6.45, 7) is -0.767. The number of nitrogens with zero attached hydrogens (tertiary/aromatic N) is 2. The van der Waals surface area contributed by atoms with Gasteiger partial charge >= 0.3 is 6.18 Å². The molecule has 1 aromatic carbocycles. The predicted molar refractivity (Wildman–Crippen MR) is 110 cm³/mol. The normalized spacial score (nSPS) is 19.5. The second-order valence-electron chi connectivity index (χ2n) is 7.76. The molecular formula is C21H18F6N4O3. The minimum Gasteiger partial charge on any atom is -0.461 e. The number of anilines is 1. The van der Waals surface area contributed by atoms with Gasteiger partial charge in [0.2, 0.25) is 0 Å². The number of pyridine rings is 1. The number of rotatable bonds is 5. The number of hydrogen-bond donors (Lipinski definition) is 3. The molecule has 0 bridgehead atoms. The molecule has 0 amide bonds. The highest BCUT2D eigenvalue weighted by molar-refractivity contribution is 5.90. The maximum absolute atomic E-state index is 14.7. The van der Waals surface area contributed by atoms with E-state index in [0.29, 0.717) is 0 Å². The summed E-state index contributed by atoms with van der Waals surface area (Å²) < 4.78 is 93.6. The van der Waals surface area contributed by atoms with Gasteiger partial charge in [0.15, 0.2) is 23.1 Å². The first-order chi connectivity index (χ1) is 16.0. The predicted octanol–water partition coefficient (Wildman–Crippen LogP) is 4.80. The summed E-state index contributed by atoms with van der Waals surface area (Å²) in [5, 5.41) is 11.4. The van der Waals surface area contributed by atoms with Crippen LogP contribution in [0.3, 0.4) is 0 Å². The van der Waals surface area contributed by atoms with E-state index in [2.05, 4.69) is 20.3 Å². The molecule has 4 rings (SSSR count). The number of amidine groups is 1. The fourth-order valence-electron chi connectivity index (χ4n) is 3.29. The molecule has 1 aliphatic heterocycles. The monoisotopic (exact) mass is 488 g/mol. The number of nitrogens with one attached hydrogen (secondary N) is 2. The highest BCUT2D eigenvalue weighted by Gasteiger charge is 2.39. The zero-order valence-electron chi connectivity index (χ0n) is 17.5. The van der Waals surface area contributed by atoms with Crippen molar-refractivity contribution in [2.24, 2.45) is 4.99 Å². The van der Waals surface area contributed by atoms with Gasteiger partial charge in [-0.25, -0.2) is 23.1 Å². The lowest BCUT2D eigenvalue weighted by Gasteiger charge is -2.26. The van der Waals surface area contributed by atoms with E-state index < -0.39 is 54.9 Å². The Kier molecular flexibility index (Phi) is 6.06. The third-order valence-corrected chi connectivity index (χ3v) is 5.24. The van der Waals surface area contributed by atoms with Crippen LogP contribution in [-0.2, 0) is 4.74 Å². The highest BCUT2D eigenvalue weighted by atomic mass is 19.4. The van der Waals surface area contributed by atoms with Crippen LogP contribution in [0.4, 0.5) is 32.0 Å². The van der Waals surface area contributed by atoms with Crippen molar-refractivity contribution in [3.8, 4) is 11.5 Å². The molecule has 0 radical (unpaired) electrons. The van der Waals surface area contributed by atoms with Gasteiger partial charge in [0.25, 0.3) is 6.02 Å². The number of aromatic nitrogens is 2. The fourth-order valence-corrected chi connectivity index (χ4v) is 3.29. The average molecular weight is 488 g/mol. The number of halogens is 6. The van der Waals surface area contributed by atoms with Gasteiger partial charge < -0.3 is 24.9 Å². The van der Waals surface area contributed by atoms with Gasteiger partial charge in [-0.15, -0.1) is 0 Å². The number of ether oxygens (including phenoxy) is 2. The third kappa shape index (κ3) is 4.60. The van der Waals surface area contributed by atoms with Crippen molar-refractivity contribution in [3.05, 3.63) is 47.8 Å². The number of aliphatic hydroxyl groups excluding tert-OH is 1. The Morgan fingerprint density at radius 1 is 1.29 bits per heavy atom. The number of aliphatic hydroxyl groups is 1. The third-order valence-electron chi connectivity index (χ3n) is 5.24. The summed E-state index contributed by atoms with van der Waals surface area (Å²) in [6, 6.07) is 2.69. The quantitative estimate of drug-likeness (QED) is 0.449. The van der Waals surface area contributed by atoms with Crippen LogP contribution in [0.2, 0.25) is 0 Å². The molecule has 13 heteroatoms. The first-order valence-corrected chi connectivity index (χ1v) is 9.94. The van der Waals surface area contributed by atoms with Crippen LogP contribution in [0.25, 0.3) is 11.0 Å². The lowest BCUT2D eigenvalue weighted by Crippen LogP contribution is -2.43. The number of aliphatic imine (C=N–C) groups is 1. The van der Waals surface area contributed by atoms with Crippen molar-refractivity contribution in [2.45, 2.75) is 24.7 Å². The first kappa shape index (κ1) is 23.7. The largest absolute Gasteiger partial charge is 0.461 e. The molecular weight excluding hydrogens is 470 g/mol. The highest BCUT2D eigenvalue weighted by Crippen LogP contribution is 2.42. The van der Waals surface area contributed by atoms with E-state index in [1.54, 1.807) is 0 Å². The number of fused-ring (bicyclic) bond motifs is 1. The van der Waals surface area contributed by atoms with Crippen LogP contribution in [0.15, 0.2) is 35.6 Å². The molecule has 7 nitrogen and oxygen atoms in total. The molecule has 0 aliphatic carbocycles. The molecule has 1 unspecified atom stereocenters. The topological polar surface area (TPSA) is 91.8 Å². The Morgan fingerprint density at radius 3 is 2.59 bits per heavy atom. The number of hydrogen-bond acceptors (Lipinski definition) is 6. The standard InChI is InChI=1S/C21H18F6N4O3/c1-10(21(25,26)27)12-6-29-18-16(12)15(2-3-28-18)34-17-13(22)4-11(5-14(17)23)31-19-30-7-20(24,8-32)9-33-19/h2-6,10,32H,7-9H2,1H3,(H,28,29)(H,30,31)/t10?,20-/m0/s1. The number of alkyl halides is 4. The average Bonchev–Trinajstić information content (AvgIpc) is 3.21. The fraction of sp³-hybridized carbons (Fsp3) is 0.333. The van der Waals surface area contributed by atoms with E-state index >= 15 is 0 Å². The minimum absolute atomic E-state index is 0.0574. The smallest absolute Gasteiger partial charge is 0.395 e. The van der Waals surface area contributed by atoms with Crippen molar-refractivity contribution in [3.63, 3.8) is 0 Å². The zero-order valence-corrected chi connectivity index (χ0v) is 17.5. The first-order valence-electron chi connectivity index (χ1n) is 9.94. The second-order valence-corrected chi connectivity index (χ2v) is 7.76. The van der Waals surface area contributed by atoms with Crippen LogP contribution >= 0.6 is 0 Å². The number of benzene rings is 1. The van der Waals surface area contributed by atoms with Crippen molar-refractivity contribution in [1.82, 2.24) is 9.97 Å². The molecule has 2 aromatic heterocycles. The SMILES string of the molecule is CC(c1c[nH]c2nccc(Oc3c(F)cc(NC4=NC[C@](F)(CO)CO4)cc3F)c12)C(F)(F)F. The van der Waals surface area contributed by atoms with E-state index in [9.17, 15) is 26.3 Å². The number of H-pyrrole nitrogens is 1. The van der Waals surface area contributed by atoms with Crippen LogP contribution in [-0.4, -0.2) is 52.7 Å². The van der Waals surface area contributed by atoms with Gasteiger partial charge in [-0.3, -0.25) is 0 Å². The summed E-state index contributed by atoms with van der Waals surface area (Å²) >= 11 is 0. The Labute approximate surface area is 188 Å². The Hall–Kier alpha value is -3.48. The van der Waals surface area contributed by atoms with E-state index in [1.165, 1.54) is 12.3 Å². The summed E-state index contributed by atoms with van der Waals surface area (Å²) in [5.74, 6) is -5.29. The summed E-state index contributed by atoms with van der Waals surface area (Å²) in [5.41, 5.74) is -2.31. The van der Waals surface area contributed by atoms with Crippen molar-refractivity contribution in [2.75, 3.05) is 25.1 Å². The summed E-state index contributed by atoms with van der Waals surface area (Å²) in [6.07, 6.45) is -2.22. The maximum atomic E-state index is 14.7. The molecule has 0 saturated carbocycles. The van der Waals surface area contributed by atoms with Crippen molar-refractivity contribution in [1.29, 1.82) is 0 Å². The molecule has 3 N–H and O–H groups in total. The van der Waals surface area contributed by atoms with Gasteiger partial charge in [0, 0.05) is 30.2 Å². The van der Waals surface area contributed by atoms with Crippen molar-refractivity contribution < 1.29 is 40.9 Å². The lowest BCUT2D eigenvalue weighted by atomic mass is 10.0. The molecule has 2 atom stereocenters. The van der Waals surface area contributed by atoms with Gasteiger partial charge in [-0.1, -0.05) is 0 Å². The van der Waals surface area contributed by atoms with Crippen LogP contribution in [0.1, 0.15) is 18.4 Å². The Balaban J connectivity index is 1.62. The van der Waals surface area contributed by atoms with Gasteiger partial charge in [-0.2, -0.15) is 13.2 Å². The maximum Gasteiger partial charge on any atom is 0.395 e. The molecule has 3 heterocycles. The van der Waals surface area contributed by atoms with Gasteiger partial charge in [0.1, 0.15) is 18.0 Å². The molecule has 34 heavy (non-hydrogen) atoms. The molecule has 0 fully saturated rings. The van der Waals surface area contributed by atoms with Crippen LogP contribution in [0.5, 0.6) is 11.5 Å². The van der Waals surface area contributed by atoms with Crippen LogP contribution in [0, 0.1) is 11.6 Å². The molecule has 1 aliphatic rings. The lowest BCUT2D eigenvalue weighted by molar-refractivity contribution is -0.146. The molecule has 0 spiro atoms. The molecule has 0 saturated heterocycles. The summed E-state index contributed by atoms with van der Waals surface area (Å²) in [7, 11) is 0. The zero-order chi connectivity index (χ0) is 24.7. The minimum atomic E-state index is -4.56. The van der Waals surface area contributed by atoms with Crippen molar-refractivity contribution >= 4 is 22.7 Å². The van der Waals surface area contributed by atoms with E-state index in [-0.39, 0.29) is 34.1 Å². The van der Waals surface area contributed by atoms with E-state index in [0.717, 1.165) is 25.3 Å². The van der Waals surface area contributed by atoms with E-state index in [4.69, 9.17) is 14.6 Å². The Morgan fingerprint density at radius 2 is 2.00 bits per heavy atom. The Bertz CT molecular complexity index is 1220. The second kappa shape index (κ2) is 8.70. The molecule has 3 aromatic rings.